The monoisotopic (exact) mass is 458 g/mol. The molecule has 34 heavy (non-hydrogen) atoms. The van der Waals surface area contributed by atoms with Gasteiger partial charge in [0.15, 0.2) is 0 Å². The van der Waals surface area contributed by atoms with Crippen molar-refractivity contribution in [2.45, 2.75) is 45.7 Å². The lowest BCUT2D eigenvalue weighted by Crippen LogP contribution is -2.51. The highest BCUT2D eigenvalue weighted by Gasteiger charge is 2.30. The maximum atomic E-state index is 13.7. The lowest BCUT2D eigenvalue weighted by molar-refractivity contribution is -0.140. The number of nitrogens with one attached hydrogen (secondary N) is 1. The van der Waals surface area contributed by atoms with E-state index in [-0.39, 0.29) is 18.2 Å². The zero-order valence-electron chi connectivity index (χ0n) is 20.3. The van der Waals surface area contributed by atoms with Crippen LogP contribution in [0.1, 0.15) is 35.6 Å². The molecule has 0 aliphatic heterocycles. The van der Waals surface area contributed by atoms with E-state index in [4.69, 9.17) is 4.74 Å². The van der Waals surface area contributed by atoms with E-state index in [1.165, 1.54) is 0 Å². The van der Waals surface area contributed by atoms with Crippen molar-refractivity contribution in [1.29, 1.82) is 0 Å². The summed E-state index contributed by atoms with van der Waals surface area (Å²) in [6, 6.07) is 24.8. The number of carbonyl (C=O) groups is 2. The number of rotatable bonds is 11. The molecule has 3 aromatic rings. The smallest absolute Gasteiger partial charge is 0.243 e. The van der Waals surface area contributed by atoms with E-state index in [9.17, 15) is 9.59 Å². The van der Waals surface area contributed by atoms with Crippen LogP contribution in [0, 0.1) is 6.92 Å². The Hall–Kier alpha value is -3.60. The molecule has 0 aromatic heterocycles. The molecule has 0 saturated carbocycles. The van der Waals surface area contributed by atoms with Crippen LogP contribution < -0.4 is 10.1 Å². The van der Waals surface area contributed by atoms with Crippen LogP contribution in [-0.4, -0.2) is 36.4 Å². The average molecular weight is 459 g/mol. The number of hydrogen-bond donors (Lipinski definition) is 1. The lowest BCUT2D eigenvalue weighted by Gasteiger charge is -2.31. The largest absolute Gasteiger partial charge is 0.497 e. The fourth-order valence-corrected chi connectivity index (χ4v) is 3.83. The Morgan fingerprint density at radius 1 is 0.882 bits per heavy atom. The summed E-state index contributed by atoms with van der Waals surface area (Å²) in [6.07, 6.45) is 1.50. The number of methoxy groups -OCH3 is 1. The van der Waals surface area contributed by atoms with E-state index in [1.807, 2.05) is 92.7 Å². The van der Waals surface area contributed by atoms with Crippen LogP contribution in [0.15, 0.2) is 78.9 Å². The van der Waals surface area contributed by atoms with Gasteiger partial charge in [-0.3, -0.25) is 9.59 Å². The van der Waals surface area contributed by atoms with E-state index in [2.05, 4.69) is 5.32 Å². The van der Waals surface area contributed by atoms with E-state index < -0.39 is 6.04 Å². The molecule has 0 aliphatic carbocycles. The molecule has 0 saturated heterocycles. The van der Waals surface area contributed by atoms with Gasteiger partial charge in [0.2, 0.25) is 11.8 Å². The highest BCUT2D eigenvalue weighted by molar-refractivity contribution is 5.88. The van der Waals surface area contributed by atoms with Gasteiger partial charge in [-0.05, 0) is 42.2 Å². The zero-order valence-corrected chi connectivity index (χ0v) is 20.3. The molecule has 2 amide bonds. The van der Waals surface area contributed by atoms with Gasteiger partial charge in [-0.2, -0.15) is 0 Å². The minimum atomic E-state index is -0.610. The van der Waals surface area contributed by atoms with Gasteiger partial charge in [-0.1, -0.05) is 79.2 Å². The summed E-state index contributed by atoms with van der Waals surface area (Å²) in [5.41, 5.74) is 4.05. The van der Waals surface area contributed by atoms with Crippen LogP contribution in [-0.2, 0) is 29.0 Å². The minimum absolute atomic E-state index is 0.0849. The molecule has 1 N–H and O–H groups in total. The standard InChI is InChI=1S/C29H34N2O3/c1-4-18-30-29(33)27(19-23-8-6-5-7-9-23)31(21-25-12-10-22(2)11-13-25)28(32)20-24-14-16-26(34-3)17-15-24/h5-17,27H,4,18-21H2,1-3H3,(H,30,33). The first-order valence-corrected chi connectivity index (χ1v) is 11.8. The number of carbonyl (C=O) groups excluding carboxylic acids is 2. The molecule has 0 spiro atoms. The average Bonchev–Trinajstić information content (AvgIpc) is 2.86. The van der Waals surface area contributed by atoms with Gasteiger partial charge in [-0.25, -0.2) is 0 Å². The number of nitrogens with zero attached hydrogens (tertiary/aromatic N) is 1. The molecule has 0 aliphatic rings. The Balaban J connectivity index is 1.92. The third-order valence-corrected chi connectivity index (χ3v) is 5.81. The summed E-state index contributed by atoms with van der Waals surface area (Å²) >= 11 is 0. The Morgan fingerprint density at radius 2 is 1.53 bits per heavy atom. The predicted molar refractivity (Wildman–Crippen MR) is 136 cm³/mol. The summed E-state index contributed by atoms with van der Waals surface area (Å²) in [6.45, 7) is 5.00. The molecule has 3 rings (SSSR count). The fourth-order valence-electron chi connectivity index (χ4n) is 3.83. The van der Waals surface area contributed by atoms with E-state index >= 15 is 0 Å². The number of benzene rings is 3. The van der Waals surface area contributed by atoms with Crippen molar-refractivity contribution in [2.24, 2.45) is 0 Å². The molecule has 0 heterocycles. The van der Waals surface area contributed by atoms with Crippen LogP contribution in [0.4, 0.5) is 0 Å². The molecule has 0 fully saturated rings. The maximum absolute atomic E-state index is 13.7. The fraction of sp³-hybridized carbons (Fsp3) is 0.310. The van der Waals surface area contributed by atoms with Crippen molar-refractivity contribution >= 4 is 11.8 Å². The Labute approximate surface area is 202 Å². The number of ether oxygens (including phenoxy) is 1. The second-order valence-electron chi connectivity index (χ2n) is 8.53. The van der Waals surface area contributed by atoms with Crippen LogP contribution >= 0.6 is 0 Å². The second kappa shape index (κ2) is 12.6. The summed E-state index contributed by atoms with van der Waals surface area (Å²) < 4.78 is 5.24. The van der Waals surface area contributed by atoms with E-state index in [0.29, 0.717) is 19.5 Å². The van der Waals surface area contributed by atoms with Crippen LogP contribution in [0.5, 0.6) is 5.75 Å². The molecule has 1 unspecified atom stereocenters. The second-order valence-corrected chi connectivity index (χ2v) is 8.53. The first-order valence-electron chi connectivity index (χ1n) is 11.8. The molecule has 0 radical (unpaired) electrons. The Morgan fingerprint density at radius 3 is 2.15 bits per heavy atom. The van der Waals surface area contributed by atoms with Gasteiger partial charge in [0.1, 0.15) is 11.8 Å². The van der Waals surface area contributed by atoms with E-state index in [0.717, 1.165) is 34.4 Å². The first kappa shape index (κ1) is 25.0. The molecule has 0 bridgehead atoms. The van der Waals surface area contributed by atoms with Gasteiger partial charge >= 0.3 is 0 Å². The normalized spacial score (nSPS) is 11.5. The van der Waals surface area contributed by atoms with Crippen molar-refractivity contribution in [2.75, 3.05) is 13.7 Å². The topological polar surface area (TPSA) is 58.6 Å². The van der Waals surface area contributed by atoms with Crippen molar-refractivity contribution in [3.8, 4) is 5.75 Å². The molecular formula is C29H34N2O3. The molecule has 3 aromatic carbocycles. The third-order valence-electron chi connectivity index (χ3n) is 5.81. The zero-order chi connectivity index (χ0) is 24.3. The Bertz CT molecular complexity index is 1050. The first-order chi connectivity index (χ1) is 16.5. The van der Waals surface area contributed by atoms with Crippen molar-refractivity contribution in [3.63, 3.8) is 0 Å². The summed E-state index contributed by atoms with van der Waals surface area (Å²) in [5, 5.41) is 3.01. The summed E-state index contributed by atoms with van der Waals surface area (Å²) in [4.78, 5) is 28.7. The molecular weight excluding hydrogens is 424 g/mol. The highest BCUT2D eigenvalue weighted by atomic mass is 16.5. The van der Waals surface area contributed by atoms with Crippen LogP contribution in [0.25, 0.3) is 0 Å². The van der Waals surface area contributed by atoms with Crippen molar-refractivity contribution < 1.29 is 14.3 Å². The number of amides is 2. The molecule has 178 valence electrons. The van der Waals surface area contributed by atoms with E-state index in [1.54, 1.807) is 12.0 Å². The van der Waals surface area contributed by atoms with Crippen LogP contribution in [0.3, 0.4) is 0 Å². The Kier molecular flexibility index (Phi) is 9.27. The molecule has 1 atom stereocenters. The maximum Gasteiger partial charge on any atom is 0.243 e. The SMILES string of the molecule is CCCNC(=O)C(Cc1ccccc1)N(Cc1ccc(C)cc1)C(=O)Cc1ccc(OC)cc1. The summed E-state index contributed by atoms with van der Waals surface area (Å²) in [5.74, 6) is 0.535. The number of aryl methyl sites for hydroxylation is 1. The third kappa shape index (κ3) is 7.20. The summed E-state index contributed by atoms with van der Waals surface area (Å²) in [7, 11) is 1.62. The van der Waals surface area contributed by atoms with Crippen molar-refractivity contribution in [3.05, 3.63) is 101 Å². The molecule has 5 heteroatoms. The highest BCUT2D eigenvalue weighted by Crippen LogP contribution is 2.18. The van der Waals surface area contributed by atoms with Gasteiger partial charge < -0.3 is 15.0 Å². The van der Waals surface area contributed by atoms with Gasteiger partial charge in [-0.15, -0.1) is 0 Å². The van der Waals surface area contributed by atoms with Gasteiger partial charge in [0, 0.05) is 19.5 Å². The number of hydrogen-bond acceptors (Lipinski definition) is 3. The van der Waals surface area contributed by atoms with Gasteiger partial charge in [0.25, 0.3) is 0 Å². The van der Waals surface area contributed by atoms with Gasteiger partial charge in [0.05, 0.1) is 13.5 Å². The van der Waals surface area contributed by atoms with Crippen LogP contribution in [0.2, 0.25) is 0 Å². The lowest BCUT2D eigenvalue weighted by atomic mass is 10.0. The van der Waals surface area contributed by atoms with Crippen molar-refractivity contribution in [1.82, 2.24) is 10.2 Å². The molecule has 5 nitrogen and oxygen atoms in total. The quantitative estimate of drug-likeness (QED) is 0.453. The predicted octanol–water partition coefficient (Wildman–Crippen LogP) is 4.71. The minimum Gasteiger partial charge on any atom is -0.497 e.